The number of rotatable bonds is 4. The predicted octanol–water partition coefficient (Wildman–Crippen LogP) is 2.98. The van der Waals surface area contributed by atoms with Crippen LogP contribution < -0.4 is 5.32 Å². The SMILES string of the molecule is C=C(CCC1CCNCC1)C(C)C. The van der Waals surface area contributed by atoms with E-state index in [1.165, 1.54) is 44.3 Å². The molecule has 0 aliphatic carbocycles. The highest BCUT2D eigenvalue weighted by molar-refractivity contribution is 4.97. The minimum atomic E-state index is 0.668. The molecule has 1 aliphatic rings. The van der Waals surface area contributed by atoms with E-state index in [9.17, 15) is 0 Å². The third kappa shape index (κ3) is 3.95. The third-order valence-corrected chi connectivity index (χ3v) is 3.15. The standard InChI is InChI=1S/C12H23N/c1-10(2)11(3)4-5-12-6-8-13-9-7-12/h10,12-13H,3-9H2,1-2H3. The van der Waals surface area contributed by atoms with Crippen LogP contribution >= 0.6 is 0 Å². The van der Waals surface area contributed by atoms with E-state index in [2.05, 4.69) is 25.7 Å². The largest absolute Gasteiger partial charge is 0.317 e. The molecular formula is C12H23N. The lowest BCUT2D eigenvalue weighted by Crippen LogP contribution is -2.27. The first-order chi connectivity index (χ1) is 6.20. The quantitative estimate of drug-likeness (QED) is 0.657. The van der Waals surface area contributed by atoms with Crippen molar-refractivity contribution in [2.24, 2.45) is 11.8 Å². The summed E-state index contributed by atoms with van der Waals surface area (Å²) >= 11 is 0. The molecule has 1 saturated heterocycles. The van der Waals surface area contributed by atoms with Crippen LogP contribution in [0.5, 0.6) is 0 Å². The van der Waals surface area contributed by atoms with Gasteiger partial charge in [-0.25, -0.2) is 0 Å². The van der Waals surface area contributed by atoms with E-state index in [0.717, 1.165) is 5.92 Å². The number of piperidine rings is 1. The Kier molecular flexibility index (Phi) is 4.51. The van der Waals surface area contributed by atoms with Crippen molar-refractivity contribution in [1.29, 1.82) is 0 Å². The first kappa shape index (κ1) is 10.8. The molecule has 1 fully saturated rings. The molecule has 1 aliphatic heterocycles. The minimum Gasteiger partial charge on any atom is -0.317 e. The molecule has 0 amide bonds. The second kappa shape index (κ2) is 5.43. The highest BCUT2D eigenvalue weighted by Gasteiger charge is 2.13. The molecule has 0 aromatic heterocycles. The molecule has 1 heteroatoms. The van der Waals surface area contributed by atoms with E-state index in [-0.39, 0.29) is 0 Å². The van der Waals surface area contributed by atoms with Crippen molar-refractivity contribution in [3.63, 3.8) is 0 Å². The average molecular weight is 181 g/mol. The number of allylic oxidation sites excluding steroid dienone is 1. The van der Waals surface area contributed by atoms with Gasteiger partial charge >= 0.3 is 0 Å². The van der Waals surface area contributed by atoms with E-state index >= 15 is 0 Å². The van der Waals surface area contributed by atoms with Gasteiger partial charge < -0.3 is 5.32 Å². The van der Waals surface area contributed by atoms with Gasteiger partial charge in [0.15, 0.2) is 0 Å². The predicted molar refractivity (Wildman–Crippen MR) is 58.8 cm³/mol. The molecule has 0 atom stereocenters. The lowest BCUT2D eigenvalue weighted by atomic mass is 9.89. The van der Waals surface area contributed by atoms with Crippen molar-refractivity contribution in [2.75, 3.05) is 13.1 Å². The molecule has 13 heavy (non-hydrogen) atoms. The fraction of sp³-hybridized carbons (Fsp3) is 0.833. The molecule has 1 rings (SSSR count). The van der Waals surface area contributed by atoms with Gasteiger partial charge in [0.05, 0.1) is 0 Å². The van der Waals surface area contributed by atoms with Gasteiger partial charge in [0.25, 0.3) is 0 Å². The van der Waals surface area contributed by atoms with E-state index in [1.807, 2.05) is 0 Å². The van der Waals surface area contributed by atoms with Crippen LogP contribution in [0.4, 0.5) is 0 Å². The van der Waals surface area contributed by atoms with Crippen molar-refractivity contribution in [1.82, 2.24) is 5.32 Å². The molecule has 1 heterocycles. The van der Waals surface area contributed by atoms with E-state index in [0.29, 0.717) is 5.92 Å². The molecule has 0 radical (unpaired) electrons. The van der Waals surface area contributed by atoms with Gasteiger partial charge in [-0.2, -0.15) is 0 Å². The van der Waals surface area contributed by atoms with Gasteiger partial charge in [-0.1, -0.05) is 26.0 Å². The highest BCUT2D eigenvalue weighted by Crippen LogP contribution is 2.22. The lowest BCUT2D eigenvalue weighted by Gasteiger charge is -2.23. The molecule has 0 bridgehead atoms. The molecule has 0 saturated carbocycles. The summed E-state index contributed by atoms with van der Waals surface area (Å²) < 4.78 is 0. The topological polar surface area (TPSA) is 12.0 Å². The summed E-state index contributed by atoms with van der Waals surface area (Å²) in [6, 6.07) is 0. The van der Waals surface area contributed by atoms with E-state index in [4.69, 9.17) is 0 Å². The zero-order valence-electron chi connectivity index (χ0n) is 9.10. The Bertz CT molecular complexity index is 155. The second-order valence-electron chi connectivity index (χ2n) is 4.54. The van der Waals surface area contributed by atoms with E-state index < -0.39 is 0 Å². The Morgan fingerprint density at radius 1 is 1.38 bits per heavy atom. The first-order valence-corrected chi connectivity index (χ1v) is 5.58. The summed E-state index contributed by atoms with van der Waals surface area (Å²) in [5, 5.41) is 3.40. The Hall–Kier alpha value is -0.300. The van der Waals surface area contributed by atoms with Gasteiger partial charge in [-0.15, -0.1) is 0 Å². The van der Waals surface area contributed by atoms with Crippen LogP contribution in [0.25, 0.3) is 0 Å². The fourth-order valence-corrected chi connectivity index (χ4v) is 1.85. The molecule has 0 aromatic rings. The van der Waals surface area contributed by atoms with Gasteiger partial charge in [0.2, 0.25) is 0 Å². The first-order valence-electron chi connectivity index (χ1n) is 5.58. The van der Waals surface area contributed by atoms with Crippen LogP contribution in [0.1, 0.15) is 39.5 Å². The molecule has 76 valence electrons. The molecule has 0 unspecified atom stereocenters. The Morgan fingerprint density at radius 2 is 2.00 bits per heavy atom. The van der Waals surface area contributed by atoms with Crippen LogP contribution in [-0.4, -0.2) is 13.1 Å². The van der Waals surface area contributed by atoms with Crippen LogP contribution in [0.2, 0.25) is 0 Å². The average Bonchev–Trinajstić information content (AvgIpc) is 2.15. The van der Waals surface area contributed by atoms with E-state index in [1.54, 1.807) is 0 Å². The minimum absolute atomic E-state index is 0.668. The lowest BCUT2D eigenvalue weighted by molar-refractivity contribution is 0.351. The Labute approximate surface area is 82.6 Å². The van der Waals surface area contributed by atoms with Gasteiger partial charge in [0.1, 0.15) is 0 Å². The maximum absolute atomic E-state index is 4.12. The zero-order chi connectivity index (χ0) is 9.68. The number of nitrogens with one attached hydrogen (secondary N) is 1. The summed E-state index contributed by atoms with van der Waals surface area (Å²) in [6.07, 6.45) is 5.33. The summed E-state index contributed by atoms with van der Waals surface area (Å²) in [6.45, 7) is 11.0. The summed E-state index contributed by atoms with van der Waals surface area (Å²) in [5.74, 6) is 1.62. The van der Waals surface area contributed by atoms with Crippen LogP contribution in [0, 0.1) is 11.8 Å². The molecular weight excluding hydrogens is 158 g/mol. The molecule has 0 spiro atoms. The summed E-state index contributed by atoms with van der Waals surface area (Å²) in [4.78, 5) is 0. The summed E-state index contributed by atoms with van der Waals surface area (Å²) in [5.41, 5.74) is 1.43. The molecule has 1 N–H and O–H groups in total. The Morgan fingerprint density at radius 3 is 2.54 bits per heavy atom. The van der Waals surface area contributed by atoms with Gasteiger partial charge in [0, 0.05) is 0 Å². The van der Waals surface area contributed by atoms with Gasteiger partial charge in [-0.3, -0.25) is 0 Å². The fourth-order valence-electron chi connectivity index (χ4n) is 1.85. The number of hydrogen-bond donors (Lipinski definition) is 1. The smallest absolute Gasteiger partial charge is 0.00463 e. The van der Waals surface area contributed by atoms with Gasteiger partial charge in [-0.05, 0) is 50.6 Å². The van der Waals surface area contributed by atoms with Crippen LogP contribution in [0.3, 0.4) is 0 Å². The molecule has 0 aromatic carbocycles. The number of hydrogen-bond acceptors (Lipinski definition) is 1. The molecule has 1 nitrogen and oxygen atoms in total. The second-order valence-corrected chi connectivity index (χ2v) is 4.54. The highest BCUT2D eigenvalue weighted by atomic mass is 14.9. The normalized spacial score (nSPS) is 19.3. The Balaban J connectivity index is 2.13. The van der Waals surface area contributed by atoms with Crippen molar-refractivity contribution >= 4 is 0 Å². The van der Waals surface area contributed by atoms with Crippen molar-refractivity contribution in [2.45, 2.75) is 39.5 Å². The maximum atomic E-state index is 4.12. The third-order valence-electron chi connectivity index (χ3n) is 3.15. The maximum Gasteiger partial charge on any atom is -0.00463 e. The van der Waals surface area contributed by atoms with Crippen molar-refractivity contribution in [3.05, 3.63) is 12.2 Å². The van der Waals surface area contributed by atoms with Crippen molar-refractivity contribution in [3.8, 4) is 0 Å². The van der Waals surface area contributed by atoms with Crippen molar-refractivity contribution < 1.29 is 0 Å². The summed E-state index contributed by atoms with van der Waals surface area (Å²) in [7, 11) is 0. The monoisotopic (exact) mass is 181 g/mol. The van der Waals surface area contributed by atoms with Crippen LogP contribution in [-0.2, 0) is 0 Å². The van der Waals surface area contributed by atoms with Crippen LogP contribution in [0.15, 0.2) is 12.2 Å². The zero-order valence-corrected chi connectivity index (χ0v) is 9.10.